The van der Waals surface area contributed by atoms with Crippen LogP contribution < -0.4 is 14.5 Å². The number of morpholine rings is 1. The highest BCUT2D eigenvalue weighted by Crippen LogP contribution is 2.69. The predicted molar refractivity (Wildman–Crippen MR) is 164 cm³/mol. The van der Waals surface area contributed by atoms with Crippen LogP contribution in [0.2, 0.25) is 0 Å². The molecule has 2 saturated carbocycles. The summed E-state index contributed by atoms with van der Waals surface area (Å²) in [5.41, 5.74) is 1.51. The first kappa shape index (κ1) is 27.6. The van der Waals surface area contributed by atoms with Crippen molar-refractivity contribution in [3.63, 3.8) is 0 Å². The summed E-state index contributed by atoms with van der Waals surface area (Å²) in [7, 11) is 0. The van der Waals surface area contributed by atoms with Gasteiger partial charge < -0.3 is 19.4 Å². The summed E-state index contributed by atoms with van der Waals surface area (Å²) < 4.78 is 12.5. The van der Waals surface area contributed by atoms with Gasteiger partial charge in [0.05, 0.1) is 35.8 Å². The number of aromatic nitrogens is 1. The number of para-hydroxylation sites is 1. The largest absolute Gasteiger partial charge is 0.483 e. The number of ether oxygens (including phenoxy) is 2. The maximum absolute atomic E-state index is 14.0. The highest BCUT2D eigenvalue weighted by atomic mass is 79.9. The summed E-state index contributed by atoms with van der Waals surface area (Å²) in [5, 5.41) is 0.907. The second-order valence-electron chi connectivity index (χ2n) is 11.8. The molecule has 0 spiro atoms. The molecule has 43 heavy (non-hydrogen) atoms. The maximum Gasteiger partial charge on any atom is 0.305 e. The zero-order valence-corrected chi connectivity index (χ0v) is 26.2. The van der Waals surface area contributed by atoms with E-state index < -0.39 is 5.92 Å². The number of anilines is 1. The van der Waals surface area contributed by atoms with Crippen LogP contribution in [0.4, 0.5) is 5.69 Å². The van der Waals surface area contributed by atoms with Crippen molar-refractivity contribution < 1.29 is 23.9 Å². The van der Waals surface area contributed by atoms with Crippen molar-refractivity contribution in [2.75, 3.05) is 37.8 Å². The molecule has 7 atom stereocenters. The summed E-state index contributed by atoms with van der Waals surface area (Å²) in [5.74, 6) is -0.615. The number of benzene rings is 2. The van der Waals surface area contributed by atoms with Gasteiger partial charge in [0, 0.05) is 39.2 Å². The number of thioether (sulfide) groups is 1. The Labute approximate surface area is 264 Å². The van der Waals surface area contributed by atoms with Crippen molar-refractivity contribution in [2.24, 2.45) is 29.6 Å². The summed E-state index contributed by atoms with van der Waals surface area (Å²) in [6.07, 6.45) is 0.803. The van der Waals surface area contributed by atoms with Crippen LogP contribution in [0.25, 0.3) is 0 Å². The molecule has 3 aromatic rings. The van der Waals surface area contributed by atoms with E-state index in [4.69, 9.17) is 9.47 Å². The Morgan fingerprint density at radius 3 is 2.49 bits per heavy atom. The Morgan fingerprint density at radius 1 is 1.00 bits per heavy atom. The number of imide groups is 1. The number of H-pyrrole nitrogens is 1. The van der Waals surface area contributed by atoms with Gasteiger partial charge in [-0.1, -0.05) is 45.5 Å². The van der Waals surface area contributed by atoms with Crippen LogP contribution in [0.5, 0.6) is 5.75 Å². The molecule has 2 bridgehead atoms. The fraction of sp³-hybridized carbons (Fsp3) is 0.419. The number of carbonyl (C=O) groups excluding carboxylic acids is 3. The molecule has 5 aliphatic rings. The average Bonchev–Trinajstić information content (AvgIpc) is 3.76. The highest BCUT2D eigenvalue weighted by molar-refractivity contribution is 9.10. The highest BCUT2D eigenvalue weighted by Gasteiger charge is 2.69. The van der Waals surface area contributed by atoms with E-state index in [1.54, 1.807) is 16.7 Å². The number of halogens is 1. The van der Waals surface area contributed by atoms with Crippen LogP contribution >= 0.6 is 39.0 Å². The minimum atomic E-state index is -0.390. The summed E-state index contributed by atoms with van der Waals surface area (Å²) in [4.78, 5) is 60.5. The quantitative estimate of drug-likeness (QED) is 0.404. The first-order valence-corrected chi connectivity index (χ1v) is 17.0. The third kappa shape index (κ3) is 4.35. The minimum Gasteiger partial charge on any atom is -0.483 e. The van der Waals surface area contributed by atoms with Gasteiger partial charge in [-0.3, -0.25) is 24.1 Å². The molecule has 9 nitrogen and oxygen atoms in total. The first-order chi connectivity index (χ1) is 20.9. The number of fused-ring (bicyclic) bond motifs is 9. The molecular weight excluding hydrogens is 654 g/mol. The van der Waals surface area contributed by atoms with E-state index >= 15 is 0 Å². The van der Waals surface area contributed by atoms with Crippen LogP contribution in [0.1, 0.15) is 22.8 Å². The molecule has 3 aliphatic heterocycles. The number of hydrogen-bond donors (Lipinski definition) is 1. The number of carbonyl (C=O) groups is 3. The zero-order valence-electron chi connectivity index (χ0n) is 22.9. The molecule has 8 rings (SSSR count). The molecule has 12 heteroatoms. The van der Waals surface area contributed by atoms with Gasteiger partial charge in [0.25, 0.3) is 5.91 Å². The number of amides is 3. The molecule has 222 valence electrons. The van der Waals surface area contributed by atoms with Gasteiger partial charge >= 0.3 is 4.87 Å². The molecule has 4 fully saturated rings. The summed E-state index contributed by atoms with van der Waals surface area (Å²) in [6.45, 7) is 2.04. The Hall–Kier alpha value is -2.93. The molecule has 3 amide bonds. The number of rotatable bonds is 5. The van der Waals surface area contributed by atoms with Crippen LogP contribution in [0, 0.1) is 29.6 Å². The lowest BCUT2D eigenvalue weighted by Crippen LogP contribution is -2.43. The number of aromatic amines is 1. The van der Waals surface area contributed by atoms with Gasteiger partial charge in [0.15, 0.2) is 6.61 Å². The van der Waals surface area contributed by atoms with Gasteiger partial charge in [0.1, 0.15) is 5.75 Å². The lowest BCUT2D eigenvalue weighted by atomic mass is 9.68. The van der Waals surface area contributed by atoms with Gasteiger partial charge in [-0.25, -0.2) is 0 Å². The smallest absolute Gasteiger partial charge is 0.305 e. The molecule has 4 heterocycles. The summed E-state index contributed by atoms with van der Waals surface area (Å²) in [6, 6.07) is 15.0. The fourth-order valence-electron chi connectivity index (χ4n) is 8.12. The Bertz CT molecular complexity index is 1680. The molecular formula is C31H28BrN3O6S2. The van der Waals surface area contributed by atoms with E-state index in [-0.39, 0.29) is 64.0 Å². The number of nitrogens with zero attached hydrogens (tertiary/aromatic N) is 2. The first-order valence-electron chi connectivity index (χ1n) is 14.5. The van der Waals surface area contributed by atoms with E-state index in [2.05, 4.69) is 20.9 Å². The van der Waals surface area contributed by atoms with E-state index in [1.807, 2.05) is 48.5 Å². The topological polar surface area (TPSA) is 109 Å². The van der Waals surface area contributed by atoms with Crippen molar-refractivity contribution in [3.8, 4) is 5.75 Å². The number of thiazole rings is 1. The van der Waals surface area contributed by atoms with Crippen LogP contribution in [-0.4, -0.2) is 65.8 Å². The van der Waals surface area contributed by atoms with Gasteiger partial charge in [-0.15, -0.1) is 11.8 Å². The monoisotopic (exact) mass is 681 g/mol. The van der Waals surface area contributed by atoms with E-state index in [1.165, 1.54) is 16.2 Å². The van der Waals surface area contributed by atoms with Gasteiger partial charge in [0.2, 0.25) is 11.8 Å². The molecule has 0 radical (unpaired) electrons. The lowest BCUT2D eigenvalue weighted by molar-refractivity contribution is -0.137. The molecule has 2 aliphatic carbocycles. The van der Waals surface area contributed by atoms with Gasteiger partial charge in [-0.2, -0.15) is 0 Å². The van der Waals surface area contributed by atoms with Crippen molar-refractivity contribution in [3.05, 3.63) is 73.1 Å². The Kier molecular flexibility index (Phi) is 6.81. The number of hydrogen-bond acceptors (Lipinski definition) is 8. The fourth-order valence-corrected chi connectivity index (χ4v) is 11.3. The molecule has 2 saturated heterocycles. The zero-order chi connectivity index (χ0) is 29.4. The van der Waals surface area contributed by atoms with E-state index in [0.29, 0.717) is 37.7 Å². The second kappa shape index (κ2) is 10.6. The standard InChI is InChI=1S/C31H28BrN3O6S2/c32-15-5-7-16(8-6-15)35-29(37)24-18-13-19(25(24)30(35)38)26-23(18)22(27-28(42-26)33-31(39)43-27)17-3-1-2-4-20(17)41-14-21(36)34-9-11-40-12-10-34/h1-8,18-19,22-26H,9-14H2,(H,33,39)/t18-,19-,22-,23?,24?,25?,26?/m1/s1. The third-order valence-corrected chi connectivity index (χ3v) is 12.9. The molecule has 2 aromatic carbocycles. The van der Waals surface area contributed by atoms with Crippen molar-refractivity contribution in [2.45, 2.75) is 22.6 Å². The van der Waals surface area contributed by atoms with Crippen molar-refractivity contribution >= 4 is 62.4 Å². The van der Waals surface area contributed by atoms with Crippen LogP contribution in [0.3, 0.4) is 0 Å². The normalized spacial score (nSPS) is 30.8. The molecule has 4 unspecified atom stereocenters. The molecule has 1 N–H and O–H groups in total. The van der Waals surface area contributed by atoms with Crippen molar-refractivity contribution in [1.29, 1.82) is 0 Å². The average molecular weight is 683 g/mol. The Morgan fingerprint density at radius 2 is 1.72 bits per heavy atom. The minimum absolute atomic E-state index is 0.0113. The van der Waals surface area contributed by atoms with E-state index in [0.717, 1.165) is 26.4 Å². The second-order valence-corrected chi connectivity index (χ2v) is 14.9. The SMILES string of the molecule is O=C(COc1ccccc1[C@H]1c2sc(=O)[nH]c2SC2C1[C@H]1C[C@@H]2C2C(=O)N(c3ccc(Br)cc3)C(=O)C21)N1CCOCC1. The van der Waals surface area contributed by atoms with Crippen molar-refractivity contribution in [1.82, 2.24) is 9.88 Å². The van der Waals surface area contributed by atoms with Crippen LogP contribution in [0.15, 0.2) is 62.8 Å². The predicted octanol–water partition coefficient (Wildman–Crippen LogP) is 4.11. The van der Waals surface area contributed by atoms with E-state index in [9.17, 15) is 19.2 Å². The maximum atomic E-state index is 14.0. The lowest BCUT2D eigenvalue weighted by Gasteiger charge is -2.43. The number of nitrogens with one attached hydrogen (secondary N) is 1. The Balaban J connectivity index is 1.15. The van der Waals surface area contributed by atoms with Crippen LogP contribution in [-0.2, 0) is 19.1 Å². The third-order valence-electron chi connectivity index (χ3n) is 9.78. The van der Waals surface area contributed by atoms with Gasteiger partial charge in [-0.05, 0) is 54.5 Å². The summed E-state index contributed by atoms with van der Waals surface area (Å²) >= 11 is 6.31. The molecule has 1 aromatic heterocycles.